The van der Waals surface area contributed by atoms with Crippen molar-refractivity contribution >= 4 is 40.2 Å². The standard InChI is InChI=1S/C25H22Cl2N4O2/c1-13(25(32)33)16-7-8-28-10-18(16)20-9-22-21(11-29-20)30-12-31(22)14(2)23-19(26)6-5-17(24(23)27)15-3-4-15/h5-15H,3-4H2,1-2H3,(H,32,33)/t13?,14-/m1/s1. The lowest BCUT2D eigenvalue weighted by molar-refractivity contribution is -0.138. The zero-order valence-electron chi connectivity index (χ0n) is 18.2. The number of imidazole rings is 1. The largest absolute Gasteiger partial charge is 0.481 e. The first-order valence-electron chi connectivity index (χ1n) is 10.8. The van der Waals surface area contributed by atoms with E-state index in [2.05, 4.69) is 15.0 Å². The molecule has 0 bridgehead atoms. The molecule has 6 nitrogen and oxygen atoms in total. The Hall–Kier alpha value is -2.96. The number of benzene rings is 1. The Morgan fingerprint density at radius 3 is 2.67 bits per heavy atom. The quantitative estimate of drug-likeness (QED) is 0.341. The van der Waals surface area contributed by atoms with Gasteiger partial charge in [0.1, 0.15) is 5.52 Å². The second-order valence-electron chi connectivity index (χ2n) is 8.55. The molecule has 1 saturated carbocycles. The molecule has 3 heterocycles. The van der Waals surface area contributed by atoms with Crippen LogP contribution in [0.4, 0.5) is 0 Å². The van der Waals surface area contributed by atoms with Crippen molar-refractivity contribution in [3.63, 3.8) is 0 Å². The molecule has 2 atom stereocenters. The van der Waals surface area contributed by atoms with E-state index in [1.807, 2.05) is 29.7 Å². The van der Waals surface area contributed by atoms with Crippen molar-refractivity contribution in [1.29, 1.82) is 0 Å². The second-order valence-corrected chi connectivity index (χ2v) is 9.33. The maximum atomic E-state index is 11.6. The number of nitrogens with zero attached hydrogens (tertiary/aromatic N) is 4. The molecule has 168 valence electrons. The minimum absolute atomic E-state index is 0.157. The van der Waals surface area contributed by atoms with Gasteiger partial charge in [0.25, 0.3) is 0 Å². The van der Waals surface area contributed by atoms with E-state index >= 15 is 0 Å². The molecule has 0 aliphatic heterocycles. The third kappa shape index (κ3) is 3.87. The van der Waals surface area contributed by atoms with Crippen LogP contribution in [0.2, 0.25) is 10.0 Å². The van der Waals surface area contributed by atoms with E-state index in [1.54, 1.807) is 37.9 Å². The average Bonchev–Trinajstić information content (AvgIpc) is 3.56. The van der Waals surface area contributed by atoms with Gasteiger partial charge in [0, 0.05) is 28.5 Å². The molecular formula is C25H22Cl2N4O2. The van der Waals surface area contributed by atoms with Gasteiger partial charge in [0.15, 0.2) is 0 Å². The Morgan fingerprint density at radius 1 is 1.15 bits per heavy atom. The summed E-state index contributed by atoms with van der Waals surface area (Å²) in [5.41, 5.74) is 5.59. The predicted octanol–water partition coefficient (Wildman–Crippen LogP) is 6.47. The summed E-state index contributed by atoms with van der Waals surface area (Å²) in [5, 5.41) is 10.9. The number of hydrogen-bond acceptors (Lipinski definition) is 4. The number of halogens is 2. The number of hydrogen-bond donors (Lipinski definition) is 1. The number of rotatable bonds is 6. The monoisotopic (exact) mass is 480 g/mol. The summed E-state index contributed by atoms with van der Waals surface area (Å²) in [5.74, 6) is -1.08. The van der Waals surface area contributed by atoms with Crippen LogP contribution in [0.25, 0.3) is 22.3 Å². The van der Waals surface area contributed by atoms with Crippen LogP contribution in [0.5, 0.6) is 0 Å². The lowest BCUT2D eigenvalue weighted by Gasteiger charge is -2.20. The molecule has 0 saturated heterocycles. The van der Waals surface area contributed by atoms with Gasteiger partial charge in [-0.05, 0) is 61.9 Å². The summed E-state index contributed by atoms with van der Waals surface area (Å²) in [6, 6.07) is 7.44. The number of aromatic nitrogens is 4. The van der Waals surface area contributed by atoms with E-state index in [4.69, 9.17) is 23.2 Å². The Morgan fingerprint density at radius 2 is 1.94 bits per heavy atom. The summed E-state index contributed by atoms with van der Waals surface area (Å²) in [6.45, 7) is 3.70. The fourth-order valence-electron chi connectivity index (χ4n) is 4.33. The van der Waals surface area contributed by atoms with Crippen LogP contribution in [0.15, 0.2) is 49.2 Å². The van der Waals surface area contributed by atoms with Crippen molar-refractivity contribution in [3.8, 4) is 11.3 Å². The zero-order chi connectivity index (χ0) is 23.3. The van der Waals surface area contributed by atoms with Crippen molar-refractivity contribution in [2.24, 2.45) is 0 Å². The average molecular weight is 481 g/mol. The van der Waals surface area contributed by atoms with E-state index in [9.17, 15) is 9.90 Å². The molecule has 0 amide bonds. The van der Waals surface area contributed by atoms with Crippen LogP contribution >= 0.6 is 23.2 Å². The van der Waals surface area contributed by atoms with Crippen molar-refractivity contribution in [1.82, 2.24) is 19.5 Å². The molecular weight excluding hydrogens is 459 g/mol. The minimum atomic E-state index is -0.901. The van der Waals surface area contributed by atoms with Gasteiger partial charge >= 0.3 is 5.97 Å². The van der Waals surface area contributed by atoms with Gasteiger partial charge in [-0.3, -0.25) is 14.8 Å². The summed E-state index contributed by atoms with van der Waals surface area (Å²) in [4.78, 5) is 24.9. The van der Waals surface area contributed by atoms with Gasteiger partial charge in [-0.25, -0.2) is 4.98 Å². The normalized spacial score (nSPS) is 15.5. The summed E-state index contributed by atoms with van der Waals surface area (Å²) >= 11 is 13.4. The van der Waals surface area contributed by atoms with Gasteiger partial charge in [0.2, 0.25) is 0 Å². The SMILES string of the molecule is CC(C(=O)O)c1ccncc1-c1cc2c(cn1)ncn2[C@H](C)c1c(Cl)ccc(C2CC2)c1Cl. The number of carboxylic acid groups (broad SMARTS) is 1. The predicted molar refractivity (Wildman–Crippen MR) is 129 cm³/mol. The highest BCUT2D eigenvalue weighted by atomic mass is 35.5. The van der Waals surface area contributed by atoms with E-state index in [0.29, 0.717) is 27.8 Å². The Bertz CT molecular complexity index is 1380. The molecule has 33 heavy (non-hydrogen) atoms. The molecule has 5 rings (SSSR count). The van der Waals surface area contributed by atoms with Gasteiger partial charge in [-0.15, -0.1) is 0 Å². The smallest absolute Gasteiger partial charge is 0.310 e. The first-order valence-corrected chi connectivity index (χ1v) is 11.6. The summed E-state index contributed by atoms with van der Waals surface area (Å²) in [6.07, 6.45) is 9.02. The number of pyridine rings is 2. The Kier molecular flexibility index (Phi) is 5.59. The molecule has 4 aromatic rings. The fourth-order valence-corrected chi connectivity index (χ4v) is 5.17. The first-order chi connectivity index (χ1) is 15.9. The van der Waals surface area contributed by atoms with Crippen LogP contribution < -0.4 is 0 Å². The molecule has 0 radical (unpaired) electrons. The van der Waals surface area contributed by atoms with Crippen LogP contribution in [0.3, 0.4) is 0 Å². The summed E-state index contributed by atoms with van der Waals surface area (Å²) < 4.78 is 2.03. The van der Waals surface area contributed by atoms with Crippen LogP contribution in [-0.4, -0.2) is 30.6 Å². The maximum Gasteiger partial charge on any atom is 0.310 e. The molecule has 3 aromatic heterocycles. The van der Waals surface area contributed by atoms with Crippen LogP contribution in [0.1, 0.15) is 61.3 Å². The van der Waals surface area contributed by atoms with Gasteiger partial charge in [-0.2, -0.15) is 0 Å². The molecule has 1 aliphatic rings. The van der Waals surface area contributed by atoms with Crippen molar-refractivity contribution in [2.45, 2.75) is 44.6 Å². The molecule has 1 N–H and O–H groups in total. The molecule has 1 aliphatic carbocycles. The van der Waals surface area contributed by atoms with E-state index in [0.717, 1.165) is 40.0 Å². The lowest BCUT2D eigenvalue weighted by Crippen LogP contribution is -2.10. The maximum absolute atomic E-state index is 11.6. The molecule has 1 aromatic carbocycles. The number of carboxylic acids is 1. The highest BCUT2D eigenvalue weighted by Crippen LogP contribution is 2.47. The highest BCUT2D eigenvalue weighted by Gasteiger charge is 2.29. The number of aliphatic carboxylic acids is 1. The summed E-state index contributed by atoms with van der Waals surface area (Å²) in [7, 11) is 0. The van der Waals surface area contributed by atoms with E-state index in [1.165, 1.54) is 0 Å². The van der Waals surface area contributed by atoms with Gasteiger partial charge in [-0.1, -0.05) is 29.3 Å². The molecule has 1 unspecified atom stereocenters. The number of fused-ring (bicyclic) bond motifs is 1. The molecule has 0 spiro atoms. The second kappa shape index (κ2) is 8.43. The van der Waals surface area contributed by atoms with Gasteiger partial charge < -0.3 is 9.67 Å². The Balaban J connectivity index is 1.62. The van der Waals surface area contributed by atoms with Crippen molar-refractivity contribution in [2.75, 3.05) is 0 Å². The van der Waals surface area contributed by atoms with Crippen molar-refractivity contribution < 1.29 is 9.90 Å². The fraction of sp³-hybridized carbons (Fsp3) is 0.280. The molecule has 1 fully saturated rings. The molecule has 8 heteroatoms. The first kappa shape index (κ1) is 21.9. The van der Waals surface area contributed by atoms with Crippen molar-refractivity contribution in [3.05, 3.63) is 75.9 Å². The third-order valence-corrected chi connectivity index (χ3v) is 7.19. The Labute approximate surface area is 201 Å². The van der Waals surface area contributed by atoms with Gasteiger partial charge in [0.05, 0.1) is 40.7 Å². The topological polar surface area (TPSA) is 80.9 Å². The third-order valence-electron chi connectivity index (χ3n) is 6.44. The highest BCUT2D eigenvalue weighted by molar-refractivity contribution is 6.36. The number of carbonyl (C=O) groups is 1. The van der Waals surface area contributed by atoms with Crippen LogP contribution in [-0.2, 0) is 4.79 Å². The van der Waals surface area contributed by atoms with E-state index < -0.39 is 11.9 Å². The lowest BCUT2D eigenvalue weighted by atomic mass is 9.95. The minimum Gasteiger partial charge on any atom is -0.481 e. The zero-order valence-corrected chi connectivity index (χ0v) is 19.7. The van der Waals surface area contributed by atoms with E-state index in [-0.39, 0.29) is 6.04 Å². The van der Waals surface area contributed by atoms with Crippen LogP contribution in [0, 0.1) is 0 Å².